The number of carbonyl (C=O) groups excluding carboxylic acids is 1. The maximum Gasteiger partial charge on any atom is 0.217 e. The Bertz CT molecular complexity index is 943. The molecule has 0 bridgehead atoms. The van der Waals surface area contributed by atoms with E-state index in [9.17, 15) is 4.79 Å². The van der Waals surface area contributed by atoms with Crippen LogP contribution in [-0.4, -0.2) is 37.1 Å². The van der Waals surface area contributed by atoms with Gasteiger partial charge < -0.3 is 19.5 Å². The molecule has 1 saturated heterocycles. The molecule has 32 heavy (non-hydrogen) atoms. The maximum atomic E-state index is 11.7. The number of halogens is 1. The normalized spacial score (nSPS) is 17.3. The Kier molecular flexibility index (Phi) is 8.15. The summed E-state index contributed by atoms with van der Waals surface area (Å²) in [5.74, 6) is 0.119. The first-order valence-corrected chi connectivity index (χ1v) is 11.7. The van der Waals surface area contributed by atoms with Crippen LogP contribution in [0.4, 0.5) is 0 Å². The molecule has 172 valence electrons. The molecule has 0 aromatic heterocycles. The zero-order chi connectivity index (χ0) is 23.2. The van der Waals surface area contributed by atoms with Gasteiger partial charge in [-0.1, -0.05) is 46.3 Å². The van der Waals surface area contributed by atoms with Gasteiger partial charge in [0.2, 0.25) is 5.91 Å². The molecule has 0 aliphatic carbocycles. The highest BCUT2D eigenvalue weighted by molar-refractivity contribution is 9.10. The number of benzene rings is 2. The van der Waals surface area contributed by atoms with E-state index in [1.807, 2.05) is 45.1 Å². The molecule has 0 spiro atoms. The molecule has 0 atom stereocenters. The van der Waals surface area contributed by atoms with Crippen LogP contribution in [0.2, 0.25) is 0 Å². The largest absolute Gasteiger partial charge is 0.493 e. The molecule has 1 aliphatic heterocycles. The zero-order valence-electron chi connectivity index (χ0n) is 19.2. The van der Waals surface area contributed by atoms with E-state index in [-0.39, 0.29) is 5.91 Å². The second-order valence-corrected chi connectivity index (χ2v) is 9.67. The van der Waals surface area contributed by atoms with E-state index < -0.39 is 11.3 Å². The molecule has 2 aromatic rings. The van der Waals surface area contributed by atoms with E-state index in [2.05, 4.69) is 51.6 Å². The molecule has 2 aromatic carbocycles. The Hall–Kier alpha value is -2.15. The molecule has 6 heteroatoms. The number of hydrogen-bond acceptors (Lipinski definition) is 4. The predicted molar refractivity (Wildman–Crippen MR) is 131 cm³/mol. The summed E-state index contributed by atoms with van der Waals surface area (Å²) in [7, 11) is 0. The van der Waals surface area contributed by atoms with Crippen LogP contribution in [0.5, 0.6) is 5.75 Å². The highest BCUT2D eigenvalue weighted by atomic mass is 79.9. The van der Waals surface area contributed by atoms with Crippen LogP contribution >= 0.6 is 15.9 Å². The molecule has 1 heterocycles. The zero-order valence-corrected chi connectivity index (χ0v) is 20.8. The molecule has 5 nitrogen and oxygen atoms in total. The number of aryl methyl sites for hydroxylation is 2. The SMILES string of the molecule is CC(=O)NC1(/C=C/c2ccc(OCCCc3ccc(Br)cc3)c(C)c2)COC(C)(C)OC1. The van der Waals surface area contributed by atoms with Crippen molar-refractivity contribution >= 4 is 27.9 Å². The summed E-state index contributed by atoms with van der Waals surface area (Å²) in [5, 5.41) is 2.98. The minimum Gasteiger partial charge on any atom is -0.493 e. The standard InChI is InChI=1S/C26H32BrNO4/c1-19-16-22(13-14-26(28-20(2)29)17-31-25(3,4)32-18-26)9-12-24(19)30-15-5-6-21-7-10-23(27)11-8-21/h7-14,16H,5-6,15,17-18H2,1-4H3,(H,28,29)/b14-13+. The Morgan fingerprint density at radius 1 is 1.16 bits per heavy atom. The van der Waals surface area contributed by atoms with Crippen molar-refractivity contribution < 1.29 is 19.0 Å². The minimum atomic E-state index is -0.683. The monoisotopic (exact) mass is 501 g/mol. The van der Waals surface area contributed by atoms with Crippen molar-refractivity contribution in [2.24, 2.45) is 0 Å². The van der Waals surface area contributed by atoms with Crippen molar-refractivity contribution in [2.75, 3.05) is 19.8 Å². The van der Waals surface area contributed by atoms with E-state index in [4.69, 9.17) is 14.2 Å². The van der Waals surface area contributed by atoms with Crippen molar-refractivity contribution in [2.45, 2.75) is 51.9 Å². The lowest BCUT2D eigenvalue weighted by atomic mass is 9.97. The quantitative estimate of drug-likeness (QED) is 0.489. The van der Waals surface area contributed by atoms with Gasteiger partial charge in [0.15, 0.2) is 5.79 Å². The van der Waals surface area contributed by atoms with Gasteiger partial charge in [0.05, 0.1) is 19.8 Å². The first-order chi connectivity index (χ1) is 15.2. The van der Waals surface area contributed by atoms with Crippen LogP contribution in [0, 0.1) is 6.92 Å². The lowest BCUT2D eigenvalue weighted by Crippen LogP contribution is -2.59. The number of ether oxygens (including phenoxy) is 3. The summed E-state index contributed by atoms with van der Waals surface area (Å²) in [6, 6.07) is 14.5. The van der Waals surface area contributed by atoms with Crippen LogP contribution < -0.4 is 10.1 Å². The molecule has 1 amide bonds. The van der Waals surface area contributed by atoms with E-state index in [0.29, 0.717) is 19.8 Å². The fourth-order valence-electron chi connectivity index (χ4n) is 3.55. The minimum absolute atomic E-state index is 0.121. The Morgan fingerprint density at radius 2 is 1.84 bits per heavy atom. The number of hydrogen-bond donors (Lipinski definition) is 1. The lowest BCUT2D eigenvalue weighted by Gasteiger charge is -2.42. The van der Waals surface area contributed by atoms with Crippen LogP contribution in [0.15, 0.2) is 53.0 Å². The second-order valence-electron chi connectivity index (χ2n) is 8.75. The van der Waals surface area contributed by atoms with Gasteiger partial charge >= 0.3 is 0 Å². The molecule has 1 aliphatic rings. The number of rotatable bonds is 8. The molecule has 0 unspecified atom stereocenters. The average Bonchev–Trinajstić information content (AvgIpc) is 2.74. The number of carbonyl (C=O) groups is 1. The van der Waals surface area contributed by atoms with Crippen molar-refractivity contribution in [1.29, 1.82) is 0 Å². The first kappa shape index (κ1) is 24.5. The fourth-order valence-corrected chi connectivity index (χ4v) is 3.82. The lowest BCUT2D eigenvalue weighted by molar-refractivity contribution is -0.264. The molecular weight excluding hydrogens is 470 g/mol. The van der Waals surface area contributed by atoms with Crippen molar-refractivity contribution in [3.8, 4) is 5.75 Å². The Morgan fingerprint density at radius 3 is 2.47 bits per heavy atom. The predicted octanol–water partition coefficient (Wildman–Crippen LogP) is 5.44. The third kappa shape index (κ3) is 7.19. The van der Waals surface area contributed by atoms with Crippen molar-refractivity contribution in [3.63, 3.8) is 0 Å². The van der Waals surface area contributed by atoms with E-state index in [0.717, 1.165) is 34.2 Å². The summed E-state index contributed by atoms with van der Waals surface area (Å²) >= 11 is 3.46. The highest BCUT2D eigenvalue weighted by Crippen LogP contribution is 2.26. The van der Waals surface area contributed by atoms with Gasteiger partial charge in [0.1, 0.15) is 11.3 Å². The molecule has 3 rings (SSSR count). The van der Waals surface area contributed by atoms with Crippen molar-refractivity contribution in [3.05, 3.63) is 69.7 Å². The molecule has 1 N–H and O–H groups in total. The van der Waals surface area contributed by atoms with Crippen LogP contribution in [0.3, 0.4) is 0 Å². The first-order valence-electron chi connectivity index (χ1n) is 10.9. The molecule has 0 saturated carbocycles. The van der Waals surface area contributed by atoms with Gasteiger partial charge in [-0.2, -0.15) is 0 Å². The van der Waals surface area contributed by atoms with Gasteiger partial charge in [-0.25, -0.2) is 0 Å². The van der Waals surface area contributed by atoms with E-state index in [1.54, 1.807) is 0 Å². The fraction of sp³-hybridized carbons (Fsp3) is 0.423. The topological polar surface area (TPSA) is 56.8 Å². The van der Waals surface area contributed by atoms with Gasteiger partial charge in [0, 0.05) is 11.4 Å². The van der Waals surface area contributed by atoms with Crippen LogP contribution in [0.25, 0.3) is 6.08 Å². The Labute approximate surface area is 199 Å². The summed E-state index contributed by atoms with van der Waals surface area (Å²) in [6.07, 6.45) is 5.89. The van der Waals surface area contributed by atoms with Gasteiger partial charge in [0.25, 0.3) is 0 Å². The maximum absolute atomic E-state index is 11.7. The summed E-state index contributed by atoms with van der Waals surface area (Å²) in [4.78, 5) is 11.7. The summed E-state index contributed by atoms with van der Waals surface area (Å²) < 4.78 is 18.7. The number of amides is 1. The van der Waals surface area contributed by atoms with Crippen LogP contribution in [0.1, 0.15) is 43.9 Å². The van der Waals surface area contributed by atoms with Crippen LogP contribution in [-0.2, 0) is 20.7 Å². The van der Waals surface area contributed by atoms with Crippen molar-refractivity contribution in [1.82, 2.24) is 5.32 Å². The third-order valence-electron chi connectivity index (χ3n) is 5.35. The van der Waals surface area contributed by atoms with E-state index >= 15 is 0 Å². The number of nitrogens with one attached hydrogen (secondary N) is 1. The van der Waals surface area contributed by atoms with Gasteiger partial charge in [-0.15, -0.1) is 0 Å². The summed E-state index contributed by atoms with van der Waals surface area (Å²) in [6.45, 7) is 8.67. The smallest absolute Gasteiger partial charge is 0.217 e. The summed E-state index contributed by atoms with van der Waals surface area (Å²) in [5.41, 5.74) is 2.72. The molecule has 1 fully saturated rings. The molecular formula is C26H32BrNO4. The van der Waals surface area contributed by atoms with E-state index in [1.165, 1.54) is 12.5 Å². The highest BCUT2D eigenvalue weighted by Gasteiger charge is 2.38. The second kappa shape index (κ2) is 10.6. The van der Waals surface area contributed by atoms with Gasteiger partial charge in [-0.3, -0.25) is 4.79 Å². The molecule has 0 radical (unpaired) electrons. The average molecular weight is 502 g/mol. The van der Waals surface area contributed by atoms with Gasteiger partial charge in [-0.05, 0) is 74.6 Å². The third-order valence-corrected chi connectivity index (χ3v) is 5.88. The Balaban J connectivity index is 1.57.